The molecule has 0 radical (unpaired) electrons. The van der Waals surface area contributed by atoms with E-state index in [2.05, 4.69) is 24.3 Å². The van der Waals surface area contributed by atoms with Gasteiger partial charge in [-0.2, -0.15) is 0 Å². The molecule has 0 unspecified atom stereocenters. The van der Waals surface area contributed by atoms with E-state index in [1.165, 1.54) is 11.1 Å². The molecule has 2 nitrogen and oxygen atoms in total. The molecule has 24 heavy (non-hydrogen) atoms. The molecule has 0 bridgehead atoms. The van der Waals surface area contributed by atoms with Crippen LogP contribution in [0.1, 0.15) is 6.42 Å². The molecule has 0 aliphatic heterocycles. The monoisotopic (exact) mass is 338 g/mol. The Morgan fingerprint density at radius 2 is 1.25 bits per heavy atom. The lowest BCUT2D eigenvalue weighted by molar-refractivity contribution is 0.247. The third-order valence-electron chi connectivity index (χ3n) is 3.61. The molecule has 0 saturated carbocycles. The van der Waals surface area contributed by atoms with Gasteiger partial charge in [-0.15, -0.1) is 0 Å². The first-order valence-corrected chi connectivity index (χ1v) is 8.36. The van der Waals surface area contributed by atoms with Crippen molar-refractivity contribution in [1.29, 1.82) is 0 Å². The second-order valence-electron chi connectivity index (χ2n) is 5.37. The average Bonchev–Trinajstić information content (AvgIpc) is 2.64. The Morgan fingerprint density at radius 1 is 0.625 bits per heavy atom. The molecular formula is C21H19ClO2. The molecule has 3 aromatic rings. The number of hydrogen-bond acceptors (Lipinski definition) is 2. The van der Waals surface area contributed by atoms with Gasteiger partial charge in [0.2, 0.25) is 0 Å². The first-order valence-electron chi connectivity index (χ1n) is 7.98. The Balaban J connectivity index is 1.43. The molecule has 0 aliphatic rings. The summed E-state index contributed by atoms with van der Waals surface area (Å²) in [7, 11) is 0. The average molecular weight is 339 g/mol. The van der Waals surface area contributed by atoms with Crippen LogP contribution in [0.5, 0.6) is 11.5 Å². The van der Waals surface area contributed by atoms with Crippen molar-refractivity contribution in [2.75, 3.05) is 13.2 Å². The molecule has 3 rings (SSSR count). The van der Waals surface area contributed by atoms with Crippen LogP contribution in [0.2, 0.25) is 5.02 Å². The lowest BCUT2D eigenvalue weighted by Crippen LogP contribution is -2.05. The van der Waals surface area contributed by atoms with Gasteiger partial charge in [0.1, 0.15) is 11.5 Å². The Labute approximate surface area is 147 Å². The van der Waals surface area contributed by atoms with Crippen molar-refractivity contribution in [3.8, 4) is 22.6 Å². The van der Waals surface area contributed by atoms with E-state index in [0.717, 1.165) is 12.2 Å². The first kappa shape index (κ1) is 16.4. The maximum atomic E-state index is 6.04. The van der Waals surface area contributed by atoms with Crippen LogP contribution in [-0.4, -0.2) is 13.2 Å². The van der Waals surface area contributed by atoms with Gasteiger partial charge in [0, 0.05) is 6.42 Å². The fourth-order valence-corrected chi connectivity index (χ4v) is 2.56. The molecule has 0 N–H and O–H groups in total. The second-order valence-corrected chi connectivity index (χ2v) is 5.78. The number of para-hydroxylation sites is 1. The minimum Gasteiger partial charge on any atom is -0.493 e. The summed E-state index contributed by atoms with van der Waals surface area (Å²) in [4.78, 5) is 0. The highest BCUT2D eigenvalue weighted by Gasteiger charge is 2.00. The smallest absolute Gasteiger partial charge is 0.137 e. The Morgan fingerprint density at radius 3 is 2.00 bits per heavy atom. The number of hydrogen-bond donors (Lipinski definition) is 0. The van der Waals surface area contributed by atoms with Gasteiger partial charge in [0.05, 0.1) is 18.2 Å². The molecule has 0 spiro atoms. The van der Waals surface area contributed by atoms with Crippen LogP contribution in [0, 0.1) is 0 Å². The van der Waals surface area contributed by atoms with Gasteiger partial charge in [0.15, 0.2) is 0 Å². The van der Waals surface area contributed by atoms with Crippen molar-refractivity contribution in [2.45, 2.75) is 6.42 Å². The molecular weight excluding hydrogens is 320 g/mol. The van der Waals surface area contributed by atoms with Gasteiger partial charge in [-0.05, 0) is 35.4 Å². The highest BCUT2D eigenvalue weighted by Crippen LogP contribution is 2.24. The fraction of sp³-hybridized carbons (Fsp3) is 0.143. The zero-order valence-electron chi connectivity index (χ0n) is 13.3. The summed E-state index contributed by atoms with van der Waals surface area (Å²) in [6, 6.07) is 25.9. The minimum absolute atomic E-state index is 0.575. The predicted octanol–water partition coefficient (Wildman–Crippen LogP) is 5.85. The molecule has 0 fully saturated rings. The summed E-state index contributed by atoms with van der Waals surface area (Å²) in [5.74, 6) is 1.58. The van der Waals surface area contributed by atoms with Crippen molar-refractivity contribution < 1.29 is 9.47 Å². The summed E-state index contributed by atoms with van der Waals surface area (Å²) >= 11 is 6.04. The van der Waals surface area contributed by atoms with E-state index in [4.69, 9.17) is 21.1 Å². The SMILES string of the molecule is Clc1ccccc1OCCCOc1ccc(-c2ccccc2)cc1. The maximum Gasteiger partial charge on any atom is 0.137 e. The molecule has 122 valence electrons. The summed E-state index contributed by atoms with van der Waals surface area (Å²) in [6.45, 7) is 1.18. The lowest BCUT2D eigenvalue weighted by atomic mass is 10.1. The maximum absolute atomic E-state index is 6.04. The highest BCUT2D eigenvalue weighted by atomic mass is 35.5. The normalized spacial score (nSPS) is 10.4. The standard InChI is InChI=1S/C21H19ClO2/c22-20-9-4-5-10-21(20)24-16-6-15-23-19-13-11-18(12-14-19)17-7-2-1-3-8-17/h1-5,7-14H,6,15-16H2. The quantitative estimate of drug-likeness (QED) is 0.503. The number of benzene rings is 3. The molecule has 0 amide bonds. The third-order valence-corrected chi connectivity index (χ3v) is 3.93. The number of rotatable bonds is 7. The van der Waals surface area contributed by atoms with Gasteiger partial charge >= 0.3 is 0 Å². The Kier molecular flexibility index (Phi) is 5.75. The van der Waals surface area contributed by atoms with E-state index in [9.17, 15) is 0 Å². The summed E-state index contributed by atoms with van der Waals surface area (Å²) < 4.78 is 11.4. The van der Waals surface area contributed by atoms with E-state index in [0.29, 0.717) is 24.0 Å². The molecule has 0 heterocycles. The van der Waals surface area contributed by atoms with Gasteiger partial charge in [-0.25, -0.2) is 0 Å². The van der Waals surface area contributed by atoms with Crippen molar-refractivity contribution in [3.05, 3.63) is 83.9 Å². The molecule has 0 aliphatic carbocycles. The number of ether oxygens (including phenoxy) is 2. The van der Waals surface area contributed by atoms with Crippen LogP contribution in [0.3, 0.4) is 0 Å². The molecule has 3 heteroatoms. The zero-order valence-corrected chi connectivity index (χ0v) is 14.1. The van der Waals surface area contributed by atoms with E-state index in [-0.39, 0.29) is 0 Å². The van der Waals surface area contributed by atoms with E-state index in [1.54, 1.807) is 0 Å². The van der Waals surface area contributed by atoms with E-state index < -0.39 is 0 Å². The topological polar surface area (TPSA) is 18.5 Å². The van der Waals surface area contributed by atoms with Crippen molar-refractivity contribution in [3.63, 3.8) is 0 Å². The largest absolute Gasteiger partial charge is 0.493 e. The molecule has 0 atom stereocenters. The second kappa shape index (κ2) is 8.42. The predicted molar refractivity (Wildman–Crippen MR) is 98.9 cm³/mol. The lowest BCUT2D eigenvalue weighted by Gasteiger charge is -2.09. The van der Waals surface area contributed by atoms with Gasteiger partial charge < -0.3 is 9.47 Å². The molecule has 0 aromatic heterocycles. The molecule has 3 aromatic carbocycles. The summed E-state index contributed by atoms with van der Waals surface area (Å²) in [5.41, 5.74) is 2.39. The van der Waals surface area contributed by atoms with Crippen molar-refractivity contribution >= 4 is 11.6 Å². The number of halogens is 1. The summed E-state index contributed by atoms with van der Waals surface area (Å²) in [5, 5.41) is 0.634. The first-order chi connectivity index (χ1) is 11.8. The van der Waals surface area contributed by atoms with Crippen LogP contribution in [0.25, 0.3) is 11.1 Å². The Hall–Kier alpha value is -2.45. The minimum atomic E-state index is 0.575. The van der Waals surface area contributed by atoms with Crippen LogP contribution in [-0.2, 0) is 0 Å². The van der Waals surface area contributed by atoms with Crippen molar-refractivity contribution in [1.82, 2.24) is 0 Å². The van der Waals surface area contributed by atoms with Crippen LogP contribution in [0.4, 0.5) is 0 Å². The van der Waals surface area contributed by atoms with Gasteiger partial charge in [-0.3, -0.25) is 0 Å². The Bertz CT molecular complexity index is 754. The highest BCUT2D eigenvalue weighted by molar-refractivity contribution is 6.32. The van der Waals surface area contributed by atoms with E-state index in [1.807, 2.05) is 54.6 Å². The van der Waals surface area contributed by atoms with Crippen LogP contribution >= 0.6 is 11.6 Å². The van der Waals surface area contributed by atoms with Gasteiger partial charge in [0.25, 0.3) is 0 Å². The van der Waals surface area contributed by atoms with Crippen molar-refractivity contribution in [2.24, 2.45) is 0 Å². The summed E-state index contributed by atoms with van der Waals surface area (Å²) in [6.07, 6.45) is 0.797. The zero-order chi connectivity index (χ0) is 16.6. The fourth-order valence-electron chi connectivity index (χ4n) is 2.37. The van der Waals surface area contributed by atoms with Gasteiger partial charge in [-0.1, -0.05) is 66.2 Å². The third kappa shape index (κ3) is 4.53. The molecule has 0 saturated heterocycles. The van der Waals surface area contributed by atoms with Crippen LogP contribution in [0.15, 0.2) is 78.9 Å². The van der Waals surface area contributed by atoms with E-state index >= 15 is 0 Å². The van der Waals surface area contributed by atoms with Crippen LogP contribution < -0.4 is 9.47 Å².